The Morgan fingerprint density at radius 3 is 2.64 bits per heavy atom. The Labute approximate surface area is 152 Å². The van der Waals surface area contributed by atoms with E-state index in [4.69, 9.17) is 0 Å². The fraction of sp³-hybridized carbons (Fsp3) is 0.250. The van der Waals surface area contributed by atoms with E-state index in [0.29, 0.717) is 5.92 Å². The lowest BCUT2D eigenvalue weighted by Crippen LogP contribution is -2.32. The third kappa shape index (κ3) is 4.51. The molecule has 3 aromatic rings. The lowest BCUT2D eigenvalue weighted by Gasteiger charge is -2.22. The largest absolute Gasteiger partial charge is 0.349 e. The lowest BCUT2D eigenvalue weighted by atomic mass is 9.96. The minimum Gasteiger partial charge on any atom is -0.349 e. The molecular weight excluding hydrogens is 330 g/mol. The van der Waals surface area contributed by atoms with Crippen LogP contribution in [0.1, 0.15) is 31.1 Å². The van der Waals surface area contributed by atoms with E-state index in [0.717, 1.165) is 21.8 Å². The number of thiazole rings is 1. The zero-order valence-corrected chi connectivity index (χ0v) is 15.2. The van der Waals surface area contributed by atoms with Crippen LogP contribution in [-0.2, 0) is 11.2 Å². The van der Waals surface area contributed by atoms with E-state index >= 15 is 0 Å². The number of nitrogens with one attached hydrogen (secondary N) is 1. The molecule has 1 atom stereocenters. The lowest BCUT2D eigenvalue weighted by molar-refractivity contribution is -0.121. The van der Waals surface area contributed by atoms with E-state index < -0.39 is 0 Å². The summed E-state index contributed by atoms with van der Waals surface area (Å²) in [5, 5.41) is 5.97. The predicted molar refractivity (Wildman–Crippen MR) is 101 cm³/mol. The van der Waals surface area contributed by atoms with Crippen molar-refractivity contribution >= 4 is 17.2 Å². The highest BCUT2D eigenvalue weighted by molar-refractivity contribution is 7.13. The van der Waals surface area contributed by atoms with Crippen LogP contribution in [0.5, 0.6) is 0 Å². The van der Waals surface area contributed by atoms with Gasteiger partial charge in [-0.3, -0.25) is 9.78 Å². The minimum atomic E-state index is -0.00871. The average molecular weight is 351 g/mol. The first-order valence-corrected chi connectivity index (χ1v) is 9.20. The first kappa shape index (κ1) is 17.3. The maximum absolute atomic E-state index is 12.5. The second-order valence-electron chi connectivity index (χ2n) is 6.26. The summed E-state index contributed by atoms with van der Waals surface area (Å²) in [5.74, 6) is 0.304. The standard InChI is InChI=1S/C20H21N3OS/c1-14(2)19(15-7-4-3-5-8-15)23-18(24)11-17-13-25-20(22-17)16-9-6-10-21-12-16/h3-10,12-14,19H,11H2,1-2H3,(H,23,24). The molecule has 0 bridgehead atoms. The van der Waals surface area contributed by atoms with Gasteiger partial charge >= 0.3 is 0 Å². The van der Waals surface area contributed by atoms with Crippen molar-refractivity contribution in [1.82, 2.24) is 15.3 Å². The molecule has 0 radical (unpaired) electrons. The Bertz CT molecular complexity index is 815. The van der Waals surface area contributed by atoms with Gasteiger partial charge in [0.15, 0.2) is 0 Å². The number of carbonyl (C=O) groups is 1. The normalized spacial score (nSPS) is 12.1. The molecule has 128 valence electrons. The van der Waals surface area contributed by atoms with E-state index in [2.05, 4.69) is 29.1 Å². The van der Waals surface area contributed by atoms with Crippen LogP contribution in [0.4, 0.5) is 0 Å². The Morgan fingerprint density at radius 1 is 1.16 bits per heavy atom. The van der Waals surface area contributed by atoms with Crippen molar-refractivity contribution < 1.29 is 4.79 Å². The third-order valence-electron chi connectivity index (χ3n) is 3.94. The van der Waals surface area contributed by atoms with E-state index in [-0.39, 0.29) is 18.4 Å². The number of hydrogen-bond acceptors (Lipinski definition) is 4. The highest BCUT2D eigenvalue weighted by atomic mass is 32.1. The van der Waals surface area contributed by atoms with Crippen LogP contribution in [-0.4, -0.2) is 15.9 Å². The Hall–Kier alpha value is -2.53. The third-order valence-corrected chi connectivity index (χ3v) is 4.88. The van der Waals surface area contributed by atoms with Gasteiger partial charge in [0.1, 0.15) is 5.01 Å². The van der Waals surface area contributed by atoms with Crippen LogP contribution in [0.2, 0.25) is 0 Å². The van der Waals surface area contributed by atoms with Gasteiger partial charge in [-0.15, -0.1) is 11.3 Å². The molecule has 0 aliphatic rings. The van der Waals surface area contributed by atoms with E-state index in [1.165, 1.54) is 11.3 Å². The van der Waals surface area contributed by atoms with Gasteiger partial charge in [-0.25, -0.2) is 4.98 Å². The molecule has 1 amide bonds. The summed E-state index contributed by atoms with van der Waals surface area (Å²) in [7, 11) is 0. The van der Waals surface area contributed by atoms with Crippen molar-refractivity contribution in [3.63, 3.8) is 0 Å². The Kier molecular flexibility index (Phi) is 5.56. The molecule has 3 rings (SSSR count). The zero-order chi connectivity index (χ0) is 17.6. The maximum atomic E-state index is 12.5. The van der Waals surface area contributed by atoms with Crippen molar-refractivity contribution in [1.29, 1.82) is 0 Å². The highest BCUT2D eigenvalue weighted by Crippen LogP contribution is 2.24. The summed E-state index contributed by atoms with van der Waals surface area (Å²) in [6.07, 6.45) is 3.81. The number of nitrogens with zero attached hydrogens (tertiary/aromatic N) is 2. The smallest absolute Gasteiger partial charge is 0.226 e. The molecule has 2 aromatic heterocycles. The molecule has 0 aliphatic carbocycles. The van der Waals surface area contributed by atoms with Crippen molar-refractivity contribution in [3.05, 3.63) is 71.5 Å². The first-order valence-electron chi connectivity index (χ1n) is 8.32. The molecule has 1 N–H and O–H groups in total. The van der Waals surface area contributed by atoms with Crippen molar-refractivity contribution in [2.24, 2.45) is 5.92 Å². The number of rotatable bonds is 6. The van der Waals surface area contributed by atoms with Crippen LogP contribution in [0.15, 0.2) is 60.2 Å². The number of hydrogen-bond donors (Lipinski definition) is 1. The summed E-state index contributed by atoms with van der Waals surface area (Å²) in [5.41, 5.74) is 2.89. The molecule has 1 aromatic carbocycles. The molecule has 4 nitrogen and oxygen atoms in total. The quantitative estimate of drug-likeness (QED) is 0.722. The van der Waals surface area contributed by atoms with Gasteiger partial charge in [-0.2, -0.15) is 0 Å². The summed E-state index contributed by atoms with van der Waals surface area (Å²) < 4.78 is 0. The molecule has 5 heteroatoms. The Morgan fingerprint density at radius 2 is 1.96 bits per heavy atom. The average Bonchev–Trinajstić information content (AvgIpc) is 3.09. The fourth-order valence-electron chi connectivity index (χ4n) is 2.69. The van der Waals surface area contributed by atoms with Gasteiger partial charge in [0.25, 0.3) is 0 Å². The maximum Gasteiger partial charge on any atom is 0.226 e. The summed E-state index contributed by atoms with van der Waals surface area (Å²) in [6.45, 7) is 4.22. The molecule has 0 saturated heterocycles. The van der Waals surface area contributed by atoms with E-state index in [9.17, 15) is 4.79 Å². The monoisotopic (exact) mass is 351 g/mol. The fourth-order valence-corrected chi connectivity index (χ4v) is 3.50. The summed E-state index contributed by atoms with van der Waals surface area (Å²) in [6, 6.07) is 13.9. The van der Waals surface area contributed by atoms with Crippen LogP contribution in [0, 0.1) is 5.92 Å². The highest BCUT2D eigenvalue weighted by Gasteiger charge is 2.19. The van der Waals surface area contributed by atoms with Crippen molar-refractivity contribution in [3.8, 4) is 10.6 Å². The second kappa shape index (κ2) is 8.03. The Balaban J connectivity index is 1.67. The van der Waals surface area contributed by atoms with Gasteiger partial charge in [0, 0.05) is 23.3 Å². The van der Waals surface area contributed by atoms with Crippen molar-refractivity contribution in [2.45, 2.75) is 26.3 Å². The number of aromatic nitrogens is 2. The van der Waals surface area contributed by atoms with Crippen LogP contribution in [0.25, 0.3) is 10.6 Å². The summed E-state index contributed by atoms with van der Waals surface area (Å²) >= 11 is 1.54. The van der Waals surface area contributed by atoms with E-state index in [1.54, 1.807) is 12.4 Å². The van der Waals surface area contributed by atoms with Gasteiger partial charge < -0.3 is 5.32 Å². The summed E-state index contributed by atoms with van der Waals surface area (Å²) in [4.78, 5) is 21.2. The molecule has 0 fully saturated rings. The van der Waals surface area contributed by atoms with Crippen LogP contribution >= 0.6 is 11.3 Å². The zero-order valence-electron chi connectivity index (χ0n) is 14.3. The minimum absolute atomic E-state index is 0.00475. The second-order valence-corrected chi connectivity index (χ2v) is 7.12. The molecule has 1 unspecified atom stereocenters. The molecule has 0 saturated carbocycles. The topological polar surface area (TPSA) is 54.9 Å². The number of carbonyl (C=O) groups excluding carboxylic acids is 1. The number of benzene rings is 1. The van der Waals surface area contributed by atoms with E-state index in [1.807, 2.05) is 47.8 Å². The first-order chi connectivity index (χ1) is 12.1. The van der Waals surface area contributed by atoms with Crippen molar-refractivity contribution in [2.75, 3.05) is 0 Å². The van der Waals surface area contributed by atoms with Crippen LogP contribution < -0.4 is 5.32 Å². The van der Waals surface area contributed by atoms with Gasteiger partial charge in [0.05, 0.1) is 18.2 Å². The molecule has 25 heavy (non-hydrogen) atoms. The van der Waals surface area contributed by atoms with Gasteiger partial charge in [0.2, 0.25) is 5.91 Å². The predicted octanol–water partition coefficient (Wildman–Crippen LogP) is 4.26. The molecular formula is C20H21N3OS. The van der Waals surface area contributed by atoms with Gasteiger partial charge in [-0.05, 0) is 23.6 Å². The SMILES string of the molecule is CC(C)C(NC(=O)Cc1csc(-c2cccnc2)n1)c1ccccc1. The molecule has 0 spiro atoms. The molecule has 2 heterocycles. The van der Waals surface area contributed by atoms with Crippen LogP contribution in [0.3, 0.4) is 0 Å². The number of amides is 1. The van der Waals surface area contributed by atoms with Gasteiger partial charge in [-0.1, -0.05) is 44.2 Å². The molecule has 0 aliphatic heterocycles. The number of pyridine rings is 1.